The highest BCUT2D eigenvalue weighted by Gasteiger charge is 2.29. The second kappa shape index (κ2) is 10.8. The quantitative estimate of drug-likeness (QED) is 0.203. The average molecular weight is 535 g/mol. The lowest BCUT2D eigenvalue weighted by Gasteiger charge is -2.16. The number of rotatable bonds is 7. The van der Waals surface area contributed by atoms with E-state index in [1.807, 2.05) is 0 Å². The molecule has 0 saturated carbocycles. The van der Waals surface area contributed by atoms with Crippen LogP contribution in [0.25, 0.3) is 22.3 Å². The van der Waals surface area contributed by atoms with Crippen molar-refractivity contribution in [1.29, 1.82) is 0 Å². The third-order valence-electron chi connectivity index (χ3n) is 6.91. The van der Waals surface area contributed by atoms with Crippen molar-refractivity contribution in [3.8, 4) is 11.3 Å². The highest BCUT2D eigenvalue weighted by molar-refractivity contribution is 6.23. The number of benzene rings is 5. The molecule has 5 nitrogen and oxygen atoms in total. The van der Waals surface area contributed by atoms with Crippen LogP contribution in [0.3, 0.4) is 0 Å². The van der Waals surface area contributed by atoms with Crippen molar-refractivity contribution >= 4 is 28.3 Å². The molecule has 1 aromatic heterocycles. The Labute approximate surface area is 235 Å². The standard InChI is InChI=1S/C36H22O5/c37-32(23-13-4-1-5-14-23)27-20-12-21-28(30(27)33(38)24-15-6-2-7-16-24)36-31(34(39)25-17-8-3-9-18-25)35(40)26-19-10-11-22-29(26)41-36/h1-22H. The Balaban J connectivity index is 1.69. The summed E-state index contributed by atoms with van der Waals surface area (Å²) in [7, 11) is 0. The summed E-state index contributed by atoms with van der Waals surface area (Å²) in [5.41, 5.74) is 0.939. The molecule has 0 amide bonds. The molecule has 0 fully saturated rings. The number of fused-ring (bicyclic) bond motifs is 1. The maximum absolute atomic E-state index is 14.1. The van der Waals surface area contributed by atoms with Crippen molar-refractivity contribution in [2.45, 2.75) is 0 Å². The molecule has 6 rings (SSSR count). The monoisotopic (exact) mass is 534 g/mol. The lowest BCUT2D eigenvalue weighted by molar-refractivity contribution is 0.100. The van der Waals surface area contributed by atoms with E-state index in [9.17, 15) is 19.2 Å². The summed E-state index contributed by atoms with van der Waals surface area (Å²) in [6, 6.07) is 37.1. The normalized spacial score (nSPS) is 10.8. The van der Waals surface area contributed by atoms with E-state index in [1.54, 1.807) is 133 Å². The molecule has 0 bridgehead atoms. The molecule has 0 saturated heterocycles. The van der Waals surface area contributed by atoms with Crippen LogP contribution in [0.4, 0.5) is 0 Å². The summed E-state index contributed by atoms with van der Waals surface area (Å²) in [5.74, 6) is -1.41. The fourth-order valence-electron chi connectivity index (χ4n) is 4.93. The van der Waals surface area contributed by atoms with E-state index in [4.69, 9.17) is 4.42 Å². The first-order valence-corrected chi connectivity index (χ1v) is 13.0. The number of carbonyl (C=O) groups excluding carboxylic acids is 3. The van der Waals surface area contributed by atoms with Crippen molar-refractivity contribution in [2.24, 2.45) is 0 Å². The van der Waals surface area contributed by atoms with Gasteiger partial charge in [-0.15, -0.1) is 0 Å². The van der Waals surface area contributed by atoms with Crippen LogP contribution >= 0.6 is 0 Å². The lowest BCUT2D eigenvalue weighted by atomic mass is 9.87. The van der Waals surface area contributed by atoms with E-state index < -0.39 is 17.0 Å². The van der Waals surface area contributed by atoms with Gasteiger partial charge in [-0.2, -0.15) is 0 Å². The number of hydrogen-bond donors (Lipinski definition) is 0. The van der Waals surface area contributed by atoms with E-state index in [2.05, 4.69) is 0 Å². The zero-order valence-electron chi connectivity index (χ0n) is 21.7. The summed E-state index contributed by atoms with van der Waals surface area (Å²) in [5, 5.41) is 0.239. The molecule has 5 heteroatoms. The topological polar surface area (TPSA) is 81.4 Å². The maximum atomic E-state index is 14.1. The highest BCUT2D eigenvalue weighted by Crippen LogP contribution is 2.34. The molecule has 0 unspecified atom stereocenters. The molecule has 0 aliphatic heterocycles. The Morgan fingerprint density at radius 1 is 0.463 bits per heavy atom. The summed E-state index contributed by atoms with van der Waals surface area (Å²) in [4.78, 5) is 55.7. The average Bonchev–Trinajstić information content (AvgIpc) is 3.04. The first kappa shape index (κ1) is 25.6. The van der Waals surface area contributed by atoms with E-state index in [-0.39, 0.29) is 44.8 Å². The molecule has 0 N–H and O–H groups in total. The predicted octanol–water partition coefficient (Wildman–Crippen LogP) is 7.15. The first-order chi connectivity index (χ1) is 20.0. The second-order valence-corrected chi connectivity index (χ2v) is 9.45. The van der Waals surface area contributed by atoms with Gasteiger partial charge in [0.25, 0.3) is 0 Å². The third kappa shape index (κ3) is 4.70. The molecule has 0 radical (unpaired) electrons. The maximum Gasteiger partial charge on any atom is 0.204 e. The molecule has 0 atom stereocenters. The summed E-state index contributed by atoms with van der Waals surface area (Å²) in [6.45, 7) is 0. The van der Waals surface area contributed by atoms with E-state index in [1.165, 1.54) is 0 Å². The van der Waals surface area contributed by atoms with Crippen LogP contribution in [0.1, 0.15) is 47.8 Å². The minimum absolute atomic E-state index is 0.0492. The van der Waals surface area contributed by atoms with Gasteiger partial charge in [0.1, 0.15) is 11.1 Å². The van der Waals surface area contributed by atoms with E-state index in [0.29, 0.717) is 16.7 Å². The number of carbonyl (C=O) groups is 3. The van der Waals surface area contributed by atoms with Gasteiger partial charge in [-0.1, -0.05) is 121 Å². The fourth-order valence-corrected chi connectivity index (χ4v) is 4.93. The van der Waals surface area contributed by atoms with Gasteiger partial charge >= 0.3 is 0 Å². The molecule has 41 heavy (non-hydrogen) atoms. The van der Waals surface area contributed by atoms with Crippen molar-refractivity contribution < 1.29 is 18.8 Å². The van der Waals surface area contributed by atoms with Gasteiger partial charge in [0, 0.05) is 33.4 Å². The SMILES string of the molecule is O=C(c1ccccc1)c1cccc(-c2oc3ccccc3c(=O)c2C(=O)c2ccccc2)c1C(=O)c1ccccc1. The smallest absolute Gasteiger partial charge is 0.204 e. The number of para-hydroxylation sites is 1. The van der Waals surface area contributed by atoms with Crippen molar-refractivity contribution in [3.05, 3.63) is 177 Å². The van der Waals surface area contributed by atoms with E-state index >= 15 is 0 Å². The Morgan fingerprint density at radius 3 is 1.54 bits per heavy atom. The Bertz CT molecular complexity index is 1990. The minimum Gasteiger partial charge on any atom is -0.455 e. The van der Waals surface area contributed by atoms with Gasteiger partial charge in [0.05, 0.1) is 5.39 Å². The Kier molecular flexibility index (Phi) is 6.76. The molecule has 6 aromatic rings. The summed E-state index contributed by atoms with van der Waals surface area (Å²) in [6.07, 6.45) is 0. The zero-order chi connectivity index (χ0) is 28.3. The van der Waals surface area contributed by atoms with Crippen LogP contribution in [0.5, 0.6) is 0 Å². The highest BCUT2D eigenvalue weighted by atomic mass is 16.3. The van der Waals surface area contributed by atoms with E-state index in [0.717, 1.165) is 0 Å². The molecule has 1 heterocycles. The molecule has 0 aliphatic carbocycles. The molecular formula is C36H22O5. The van der Waals surface area contributed by atoms with Crippen molar-refractivity contribution in [1.82, 2.24) is 0 Å². The Hall–Kier alpha value is -5.68. The van der Waals surface area contributed by atoms with Crippen LogP contribution in [0, 0.1) is 0 Å². The van der Waals surface area contributed by atoms with Gasteiger partial charge in [0.15, 0.2) is 17.3 Å². The first-order valence-electron chi connectivity index (χ1n) is 13.0. The minimum atomic E-state index is -0.544. The molecule has 196 valence electrons. The zero-order valence-corrected chi connectivity index (χ0v) is 21.7. The second-order valence-electron chi connectivity index (χ2n) is 9.45. The van der Waals surface area contributed by atoms with Crippen molar-refractivity contribution in [3.63, 3.8) is 0 Å². The predicted molar refractivity (Wildman–Crippen MR) is 158 cm³/mol. The molecule has 5 aromatic carbocycles. The van der Waals surface area contributed by atoms with Crippen LogP contribution in [0.15, 0.2) is 143 Å². The third-order valence-corrected chi connectivity index (χ3v) is 6.91. The van der Waals surface area contributed by atoms with Crippen LogP contribution in [-0.4, -0.2) is 17.3 Å². The van der Waals surface area contributed by atoms with Gasteiger partial charge in [-0.05, 0) is 12.1 Å². The van der Waals surface area contributed by atoms with Crippen LogP contribution < -0.4 is 5.43 Å². The lowest BCUT2D eigenvalue weighted by Crippen LogP contribution is -2.19. The summed E-state index contributed by atoms with van der Waals surface area (Å²) < 4.78 is 6.29. The number of hydrogen-bond acceptors (Lipinski definition) is 5. The van der Waals surface area contributed by atoms with Crippen molar-refractivity contribution in [2.75, 3.05) is 0 Å². The van der Waals surface area contributed by atoms with Gasteiger partial charge in [-0.3, -0.25) is 19.2 Å². The molecule has 0 spiro atoms. The number of ketones is 3. The molecular weight excluding hydrogens is 512 g/mol. The fraction of sp³-hybridized carbons (Fsp3) is 0. The summed E-state index contributed by atoms with van der Waals surface area (Å²) >= 11 is 0. The molecule has 0 aliphatic rings. The Morgan fingerprint density at radius 2 is 0.951 bits per heavy atom. The van der Waals surface area contributed by atoms with Gasteiger partial charge < -0.3 is 4.42 Å². The largest absolute Gasteiger partial charge is 0.455 e. The van der Waals surface area contributed by atoms with Crippen LogP contribution in [0.2, 0.25) is 0 Å². The van der Waals surface area contributed by atoms with Gasteiger partial charge in [-0.25, -0.2) is 0 Å². The van der Waals surface area contributed by atoms with Gasteiger partial charge in [0.2, 0.25) is 11.2 Å². The van der Waals surface area contributed by atoms with Crippen LogP contribution in [-0.2, 0) is 0 Å².